The standard InChI is InChI=1S/C13H17ClN6.HI/c1-15-13(17-8-12-19-18-9-20(12)2)16-7-10-4-3-5-11(14)6-10;/h3-6,9H,7-8H2,1-2H3,(H2,15,16,17);1H. The first kappa shape index (κ1) is 17.7. The zero-order chi connectivity index (χ0) is 14.4. The summed E-state index contributed by atoms with van der Waals surface area (Å²) in [5.74, 6) is 1.55. The molecule has 0 saturated heterocycles. The maximum absolute atomic E-state index is 5.95. The largest absolute Gasteiger partial charge is 0.352 e. The van der Waals surface area contributed by atoms with Gasteiger partial charge in [-0.2, -0.15) is 0 Å². The smallest absolute Gasteiger partial charge is 0.191 e. The highest BCUT2D eigenvalue weighted by atomic mass is 127. The third-order valence-electron chi connectivity index (χ3n) is 2.79. The number of aryl methyl sites for hydroxylation is 1. The van der Waals surface area contributed by atoms with Gasteiger partial charge in [0.25, 0.3) is 0 Å². The third kappa shape index (κ3) is 5.50. The fourth-order valence-corrected chi connectivity index (χ4v) is 1.90. The van der Waals surface area contributed by atoms with Gasteiger partial charge in [-0.1, -0.05) is 23.7 Å². The molecular formula is C13H18ClIN6. The summed E-state index contributed by atoms with van der Waals surface area (Å²) in [6.45, 7) is 1.21. The van der Waals surface area contributed by atoms with Gasteiger partial charge in [-0.05, 0) is 17.7 Å². The number of benzene rings is 1. The second-order valence-electron chi connectivity index (χ2n) is 4.27. The van der Waals surface area contributed by atoms with E-state index in [4.69, 9.17) is 11.6 Å². The van der Waals surface area contributed by atoms with Crippen LogP contribution in [0, 0.1) is 0 Å². The van der Waals surface area contributed by atoms with Crippen molar-refractivity contribution in [2.45, 2.75) is 13.1 Å². The summed E-state index contributed by atoms with van der Waals surface area (Å²) in [5, 5.41) is 15.0. The van der Waals surface area contributed by atoms with Crippen molar-refractivity contribution in [2.24, 2.45) is 12.0 Å². The van der Waals surface area contributed by atoms with Crippen molar-refractivity contribution < 1.29 is 0 Å². The average molecular weight is 421 g/mol. The minimum Gasteiger partial charge on any atom is -0.352 e. The molecule has 0 atom stereocenters. The number of rotatable bonds is 4. The molecule has 0 aliphatic rings. The number of aliphatic imine (C=N–C) groups is 1. The highest BCUT2D eigenvalue weighted by Gasteiger charge is 2.03. The zero-order valence-corrected chi connectivity index (χ0v) is 15.0. The topological polar surface area (TPSA) is 67.1 Å². The van der Waals surface area contributed by atoms with E-state index in [1.165, 1.54) is 0 Å². The monoisotopic (exact) mass is 420 g/mol. The second kappa shape index (κ2) is 8.83. The van der Waals surface area contributed by atoms with Gasteiger partial charge in [0.2, 0.25) is 0 Å². The van der Waals surface area contributed by atoms with Gasteiger partial charge < -0.3 is 15.2 Å². The number of hydrogen-bond donors (Lipinski definition) is 2. The van der Waals surface area contributed by atoms with Gasteiger partial charge in [0.15, 0.2) is 11.8 Å². The molecule has 0 bridgehead atoms. The van der Waals surface area contributed by atoms with Crippen LogP contribution in [0.15, 0.2) is 35.6 Å². The van der Waals surface area contributed by atoms with Crippen molar-refractivity contribution >= 4 is 41.5 Å². The lowest BCUT2D eigenvalue weighted by molar-refractivity contribution is 0.725. The lowest BCUT2D eigenvalue weighted by Gasteiger charge is -2.11. The Morgan fingerprint density at radius 3 is 2.71 bits per heavy atom. The predicted molar refractivity (Wildman–Crippen MR) is 94.9 cm³/mol. The van der Waals surface area contributed by atoms with Crippen molar-refractivity contribution in [3.63, 3.8) is 0 Å². The number of hydrogen-bond acceptors (Lipinski definition) is 3. The van der Waals surface area contributed by atoms with E-state index >= 15 is 0 Å². The SMILES string of the molecule is CN=C(NCc1cccc(Cl)c1)NCc1nncn1C.I. The Kier molecular flexibility index (Phi) is 7.44. The van der Waals surface area contributed by atoms with Crippen LogP contribution in [-0.4, -0.2) is 27.8 Å². The molecule has 0 aliphatic carbocycles. The van der Waals surface area contributed by atoms with Gasteiger partial charge in [0.05, 0.1) is 6.54 Å². The van der Waals surface area contributed by atoms with E-state index in [1.807, 2.05) is 35.9 Å². The molecule has 0 unspecified atom stereocenters. The van der Waals surface area contributed by atoms with Crippen molar-refractivity contribution in [3.05, 3.63) is 47.0 Å². The van der Waals surface area contributed by atoms with Crippen molar-refractivity contribution in [3.8, 4) is 0 Å². The molecular weight excluding hydrogens is 403 g/mol. The van der Waals surface area contributed by atoms with Crippen LogP contribution >= 0.6 is 35.6 Å². The number of nitrogens with zero attached hydrogens (tertiary/aromatic N) is 4. The quantitative estimate of drug-likeness (QED) is 0.451. The van der Waals surface area contributed by atoms with E-state index < -0.39 is 0 Å². The fraction of sp³-hybridized carbons (Fsp3) is 0.308. The molecule has 2 aromatic rings. The summed E-state index contributed by atoms with van der Waals surface area (Å²) in [6, 6.07) is 7.71. The van der Waals surface area contributed by atoms with E-state index in [0.29, 0.717) is 19.0 Å². The van der Waals surface area contributed by atoms with Crippen LogP contribution in [-0.2, 0) is 20.1 Å². The maximum atomic E-state index is 5.95. The number of halogens is 2. The van der Waals surface area contributed by atoms with Gasteiger partial charge in [0.1, 0.15) is 6.33 Å². The molecule has 0 amide bonds. The van der Waals surface area contributed by atoms with Crippen molar-refractivity contribution in [1.29, 1.82) is 0 Å². The van der Waals surface area contributed by atoms with Crippen LogP contribution in [0.3, 0.4) is 0 Å². The summed E-state index contributed by atoms with van der Waals surface area (Å²) in [7, 11) is 3.63. The Labute approximate surface area is 146 Å². The summed E-state index contributed by atoms with van der Waals surface area (Å²) in [4.78, 5) is 4.16. The van der Waals surface area contributed by atoms with E-state index in [2.05, 4.69) is 25.8 Å². The molecule has 0 spiro atoms. The predicted octanol–water partition coefficient (Wildman–Crippen LogP) is 1.95. The van der Waals surface area contributed by atoms with Crippen LogP contribution in [0.25, 0.3) is 0 Å². The second-order valence-corrected chi connectivity index (χ2v) is 4.70. The zero-order valence-electron chi connectivity index (χ0n) is 11.9. The summed E-state index contributed by atoms with van der Waals surface area (Å²) in [6.07, 6.45) is 1.67. The van der Waals surface area contributed by atoms with Crippen LogP contribution in [0.4, 0.5) is 0 Å². The molecule has 0 radical (unpaired) electrons. The van der Waals surface area contributed by atoms with Crippen LogP contribution in [0.2, 0.25) is 5.02 Å². The number of nitrogens with one attached hydrogen (secondary N) is 2. The van der Waals surface area contributed by atoms with Gasteiger partial charge >= 0.3 is 0 Å². The molecule has 6 nitrogen and oxygen atoms in total. The molecule has 0 fully saturated rings. The Morgan fingerprint density at radius 2 is 2.10 bits per heavy atom. The highest BCUT2D eigenvalue weighted by Crippen LogP contribution is 2.10. The molecule has 8 heteroatoms. The summed E-state index contributed by atoms with van der Waals surface area (Å²) >= 11 is 5.95. The first-order valence-electron chi connectivity index (χ1n) is 6.21. The lowest BCUT2D eigenvalue weighted by atomic mass is 10.2. The van der Waals surface area contributed by atoms with Gasteiger partial charge in [-0.15, -0.1) is 34.2 Å². The molecule has 1 aromatic carbocycles. The van der Waals surface area contributed by atoms with Gasteiger partial charge in [-0.3, -0.25) is 4.99 Å². The van der Waals surface area contributed by atoms with E-state index in [0.717, 1.165) is 16.4 Å². The van der Waals surface area contributed by atoms with E-state index in [-0.39, 0.29) is 24.0 Å². The first-order valence-corrected chi connectivity index (χ1v) is 6.58. The van der Waals surface area contributed by atoms with E-state index in [1.54, 1.807) is 13.4 Å². The number of guanidine groups is 1. The van der Waals surface area contributed by atoms with Gasteiger partial charge in [-0.25, -0.2) is 0 Å². The molecule has 21 heavy (non-hydrogen) atoms. The molecule has 2 rings (SSSR count). The normalized spacial score (nSPS) is 10.9. The van der Waals surface area contributed by atoms with Crippen molar-refractivity contribution in [2.75, 3.05) is 7.05 Å². The molecule has 114 valence electrons. The third-order valence-corrected chi connectivity index (χ3v) is 3.03. The first-order chi connectivity index (χ1) is 9.69. The maximum Gasteiger partial charge on any atom is 0.191 e. The van der Waals surface area contributed by atoms with Crippen LogP contribution in [0.1, 0.15) is 11.4 Å². The molecule has 1 heterocycles. The molecule has 1 aromatic heterocycles. The van der Waals surface area contributed by atoms with Crippen LogP contribution in [0.5, 0.6) is 0 Å². The Morgan fingerprint density at radius 1 is 1.33 bits per heavy atom. The fourth-order valence-electron chi connectivity index (χ4n) is 1.68. The molecule has 0 aliphatic heterocycles. The van der Waals surface area contributed by atoms with Crippen molar-refractivity contribution in [1.82, 2.24) is 25.4 Å². The molecule has 2 N–H and O–H groups in total. The van der Waals surface area contributed by atoms with Crippen LogP contribution < -0.4 is 10.6 Å². The summed E-state index contributed by atoms with van der Waals surface area (Å²) < 4.78 is 1.86. The van der Waals surface area contributed by atoms with E-state index in [9.17, 15) is 0 Å². The Balaban J connectivity index is 0.00000220. The summed E-state index contributed by atoms with van der Waals surface area (Å²) in [5.41, 5.74) is 1.10. The number of aromatic nitrogens is 3. The van der Waals surface area contributed by atoms with Gasteiger partial charge in [0, 0.05) is 25.7 Å². The molecule has 0 saturated carbocycles. The highest BCUT2D eigenvalue weighted by molar-refractivity contribution is 14.0. The minimum atomic E-state index is 0. The minimum absolute atomic E-state index is 0. The average Bonchev–Trinajstić information content (AvgIpc) is 2.85. The Bertz CT molecular complexity index is 598. The Hall–Kier alpha value is -1.35. The lowest BCUT2D eigenvalue weighted by Crippen LogP contribution is -2.36.